The van der Waals surface area contributed by atoms with E-state index >= 15 is 0 Å². The van der Waals surface area contributed by atoms with Crippen molar-refractivity contribution in [2.24, 2.45) is 0 Å². The number of rotatable bonds is 7. The lowest BCUT2D eigenvalue weighted by Crippen LogP contribution is -2.12. The number of carbonyl (C=O) groups excluding carboxylic acids is 1. The Balaban J connectivity index is 1.51. The summed E-state index contributed by atoms with van der Waals surface area (Å²) in [6.45, 7) is 0.394. The standard InChI is InChI=1S/C22H17N5O2S/c28-20(18-13-23-19-11-5-4-10-17(18)19)21(15-7-2-1-3-8-15)30-22-24-25-26-27(22)14-16-9-6-12-29-16/h1-13,21,23H,14H2. The highest BCUT2D eigenvalue weighted by Crippen LogP contribution is 2.38. The van der Waals surface area contributed by atoms with Crippen LogP contribution in [0.4, 0.5) is 0 Å². The zero-order chi connectivity index (χ0) is 20.3. The van der Waals surface area contributed by atoms with Gasteiger partial charge in [0.2, 0.25) is 5.16 Å². The molecular formula is C22H17N5O2S. The quantitative estimate of drug-likeness (QED) is 0.311. The maximum absolute atomic E-state index is 13.6. The van der Waals surface area contributed by atoms with Crippen molar-refractivity contribution in [3.05, 3.63) is 96.1 Å². The molecule has 148 valence electrons. The van der Waals surface area contributed by atoms with Gasteiger partial charge in [0, 0.05) is 22.7 Å². The highest BCUT2D eigenvalue weighted by atomic mass is 32.2. The molecular weight excluding hydrogens is 398 g/mol. The molecule has 30 heavy (non-hydrogen) atoms. The van der Waals surface area contributed by atoms with Crippen LogP contribution in [0.15, 0.2) is 88.8 Å². The molecule has 0 saturated heterocycles. The minimum Gasteiger partial charge on any atom is -0.467 e. The van der Waals surface area contributed by atoms with Gasteiger partial charge in [0.1, 0.15) is 17.6 Å². The summed E-state index contributed by atoms with van der Waals surface area (Å²) in [6.07, 6.45) is 3.38. The highest BCUT2D eigenvalue weighted by Gasteiger charge is 2.28. The van der Waals surface area contributed by atoms with Gasteiger partial charge in [-0.3, -0.25) is 4.79 Å². The molecule has 5 rings (SSSR count). The number of nitrogens with one attached hydrogen (secondary N) is 1. The van der Waals surface area contributed by atoms with Crippen molar-refractivity contribution in [1.82, 2.24) is 25.2 Å². The van der Waals surface area contributed by atoms with E-state index in [0.717, 1.165) is 22.2 Å². The zero-order valence-corrected chi connectivity index (χ0v) is 16.6. The van der Waals surface area contributed by atoms with Crippen LogP contribution in [-0.4, -0.2) is 31.0 Å². The number of aromatic nitrogens is 5. The van der Waals surface area contributed by atoms with Gasteiger partial charge in [-0.2, -0.15) is 0 Å². The van der Waals surface area contributed by atoms with Crippen LogP contribution in [0.3, 0.4) is 0 Å². The van der Waals surface area contributed by atoms with E-state index in [1.165, 1.54) is 11.8 Å². The minimum atomic E-state index is -0.494. The number of aromatic amines is 1. The number of ketones is 1. The summed E-state index contributed by atoms with van der Waals surface area (Å²) in [5.41, 5.74) is 2.47. The number of tetrazole rings is 1. The van der Waals surface area contributed by atoms with Crippen molar-refractivity contribution < 1.29 is 9.21 Å². The van der Waals surface area contributed by atoms with Crippen LogP contribution in [-0.2, 0) is 6.54 Å². The molecule has 8 heteroatoms. The number of hydrogen-bond acceptors (Lipinski definition) is 6. The van der Waals surface area contributed by atoms with Gasteiger partial charge in [-0.15, -0.1) is 5.10 Å². The number of thioether (sulfide) groups is 1. The van der Waals surface area contributed by atoms with Gasteiger partial charge in [0.25, 0.3) is 0 Å². The van der Waals surface area contributed by atoms with Crippen LogP contribution in [0.5, 0.6) is 0 Å². The van der Waals surface area contributed by atoms with Crippen molar-refractivity contribution in [3.8, 4) is 0 Å². The van der Waals surface area contributed by atoms with Crippen molar-refractivity contribution in [3.63, 3.8) is 0 Å². The molecule has 7 nitrogen and oxygen atoms in total. The number of para-hydroxylation sites is 1. The first-order valence-corrected chi connectivity index (χ1v) is 10.3. The predicted molar refractivity (Wildman–Crippen MR) is 113 cm³/mol. The third-order valence-corrected chi connectivity index (χ3v) is 6.03. The van der Waals surface area contributed by atoms with Crippen molar-refractivity contribution >= 4 is 28.4 Å². The van der Waals surface area contributed by atoms with E-state index in [-0.39, 0.29) is 5.78 Å². The molecule has 0 fully saturated rings. The van der Waals surface area contributed by atoms with E-state index in [1.54, 1.807) is 17.1 Å². The zero-order valence-electron chi connectivity index (χ0n) is 15.8. The summed E-state index contributed by atoms with van der Waals surface area (Å²) in [7, 11) is 0. The van der Waals surface area contributed by atoms with E-state index < -0.39 is 5.25 Å². The van der Waals surface area contributed by atoms with Crippen LogP contribution in [0.25, 0.3) is 10.9 Å². The van der Waals surface area contributed by atoms with Gasteiger partial charge in [-0.05, 0) is 34.2 Å². The van der Waals surface area contributed by atoms with E-state index in [2.05, 4.69) is 20.5 Å². The van der Waals surface area contributed by atoms with Gasteiger partial charge in [-0.1, -0.05) is 60.3 Å². The molecule has 3 heterocycles. The number of H-pyrrole nitrogens is 1. The molecule has 1 atom stereocenters. The molecule has 0 aliphatic rings. The SMILES string of the molecule is O=C(c1c[nH]c2ccccc12)C(Sc1nnnn1Cc1ccco1)c1ccccc1. The lowest BCUT2D eigenvalue weighted by Gasteiger charge is -2.15. The Bertz CT molecular complexity index is 1280. The van der Waals surface area contributed by atoms with E-state index in [4.69, 9.17) is 4.42 Å². The Morgan fingerprint density at radius 3 is 2.73 bits per heavy atom. The molecule has 3 aromatic heterocycles. The Kier molecular flexibility index (Phi) is 4.90. The maximum atomic E-state index is 13.6. The molecule has 0 amide bonds. The van der Waals surface area contributed by atoms with Gasteiger partial charge >= 0.3 is 0 Å². The molecule has 0 saturated carbocycles. The number of furan rings is 1. The number of fused-ring (bicyclic) bond motifs is 1. The fraction of sp³-hybridized carbons (Fsp3) is 0.0909. The van der Waals surface area contributed by atoms with E-state index in [0.29, 0.717) is 17.3 Å². The maximum Gasteiger partial charge on any atom is 0.210 e. The van der Waals surface area contributed by atoms with Crippen LogP contribution < -0.4 is 0 Å². The van der Waals surface area contributed by atoms with Crippen molar-refractivity contribution in [2.75, 3.05) is 0 Å². The molecule has 5 aromatic rings. The number of hydrogen-bond donors (Lipinski definition) is 1. The average molecular weight is 415 g/mol. The van der Waals surface area contributed by atoms with Crippen LogP contribution in [0.1, 0.15) is 26.9 Å². The first-order chi connectivity index (χ1) is 14.8. The molecule has 1 unspecified atom stereocenters. The molecule has 0 aliphatic carbocycles. The number of nitrogens with zero attached hydrogens (tertiary/aromatic N) is 4. The molecule has 0 bridgehead atoms. The Morgan fingerprint density at radius 2 is 1.90 bits per heavy atom. The molecule has 2 aromatic carbocycles. The fourth-order valence-corrected chi connectivity index (χ4v) is 4.40. The van der Waals surface area contributed by atoms with Gasteiger partial charge in [0.15, 0.2) is 5.78 Å². The lowest BCUT2D eigenvalue weighted by molar-refractivity contribution is 0.0991. The second kappa shape index (κ2) is 8.00. The summed E-state index contributed by atoms with van der Waals surface area (Å²) in [4.78, 5) is 16.8. The van der Waals surface area contributed by atoms with Crippen LogP contribution in [0.2, 0.25) is 0 Å². The molecule has 0 aliphatic heterocycles. The van der Waals surface area contributed by atoms with Crippen molar-refractivity contribution in [1.29, 1.82) is 0 Å². The smallest absolute Gasteiger partial charge is 0.210 e. The monoisotopic (exact) mass is 415 g/mol. The topological polar surface area (TPSA) is 89.6 Å². The van der Waals surface area contributed by atoms with Gasteiger partial charge in [-0.25, -0.2) is 4.68 Å². The minimum absolute atomic E-state index is 0.00352. The molecule has 0 radical (unpaired) electrons. The second-order valence-electron chi connectivity index (χ2n) is 6.72. The Labute approximate surface area is 176 Å². The average Bonchev–Trinajstić information content (AvgIpc) is 3.54. The normalized spacial score (nSPS) is 12.3. The summed E-state index contributed by atoms with van der Waals surface area (Å²) >= 11 is 1.33. The van der Waals surface area contributed by atoms with E-state index in [9.17, 15) is 4.79 Å². The fourth-order valence-electron chi connectivity index (χ4n) is 3.35. The largest absolute Gasteiger partial charge is 0.467 e. The highest BCUT2D eigenvalue weighted by molar-refractivity contribution is 8.00. The summed E-state index contributed by atoms with van der Waals surface area (Å²) in [6, 6.07) is 21.2. The number of carbonyl (C=O) groups is 1. The Hall–Kier alpha value is -3.65. The predicted octanol–water partition coefficient (Wildman–Crippen LogP) is 4.51. The first kappa shape index (κ1) is 18.4. The molecule has 0 spiro atoms. The Morgan fingerprint density at radius 1 is 1.07 bits per heavy atom. The van der Waals surface area contributed by atoms with Crippen molar-refractivity contribution in [2.45, 2.75) is 17.0 Å². The third kappa shape index (κ3) is 3.53. The number of benzene rings is 2. The third-order valence-electron chi connectivity index (χ3n) is 4.80. The second-order valence-corrected chi connectivity index (χ2v) is 7.79. The molecule has 1 N–H and O–H groups in total. The van der Waals surface area contributed by atoms with E-state index in [1.807, 2.05) is 66.7 Å². The lowest BCUT2D eigenvalue weighted by atomic mass is 10.0. The first-order valence-electron chi connectivity index (χ1n) is 9.40. The summed E-state index contributed by atoms with van der Waals surface area (Å²) in [5, 5.41) is 13.0. The van der Waals surface area contributed by atoms with Crippen LogP contribution in [0, 0.1) is 0 Å². The summed E-state index contributed by atoms with van der Waals surface area (Å²) in [5.74, 6) is 0.736. The number of Topliss-reactive ketones (excluding diaryl/α,β-unsaturated/α-hetero) is 1. The van der Waals surface area contributed by atoms with Crippen LogP contribution >= 0.6 is 11.8 Å². The van der Waals surface area contributed by atoms with Gasteiger partial charge in [0.05, 0.1) is 6.26 Å². The summed E-state index contributed by atoms with van der Waals surface area (Å²) < 4.78 is 7.05. The van der Waals surface area contributed by atoms with Gasteiger partial charge < -0.3 is 9.40 Å².